The molecule has 0 aromatic carbocycles. The summed E-state index contributed by atoms with van der Waals surface area (Å²) in [5.74, 6) is 0. The van der Waals surface area contributed by atoms with Crippen LogP contribution in [0, 0.1) is 0 Å². The van der Waals surface area contributed by atoms with Gasteiger partial charge in [0.2, 0.25) is 0 Å². The Bertz CT molecular complexity index is 1110. The van der Waals surface area contributed by atoms with Crippen LogP contribution in [-0.4, -0.2) is 53.3 Å². The first kappa shape index (κ1) is 59.9. The molecule has 0 aliphatic heterocycles. The van der Waals surface area contributed by atoms with E-state index >= 15 is 0 Å². The zero-order valence-corrected chi connectivity index (χ0v) is 69.0. The molecule has 1 saturated carbocycles. The van der Waals surface area contributed by atoms with Crippen molar-refractivity contribution >= 4 is 494 Å². The fourth-order valence-electron chi connectivity index (χ4n) is 3.13. The molecule has 1 rings (SSSR count). The molecule has 0 amide bonds. The van der Waals surface area contributed by atoms with Gasteiger partial charge in [0, 0.05) is 0 Å². The molecule has 0 spiro atoms. The first-order chi connectivity index (χ1) is 19.7. The van der Waals surface area contributed by atoms with Gasteiger partial charge in [0.15, 0.2) is 0 Å². The highest BCUT2D eigenvalue weighted by Crippen LogP contribution is 2.84. The van der Waals surface area contributed by atoms with E-state index in [1.807, 2.05) is 0 Å². The van der Waals surface area contributed by atoms with Crippen molar-refractivity contribution in [1.29, 1.82) is 0 Å². The third-order valence-corrected chi connectivity index (χ3v) is 75.1. The quantitative estimate of drug-likeness (QED) is 0.212. The topological polar surface area (TPSA) is 0 Å². The Hall–Kier alpha value is 14.9. The number of alkyl halides is 31. The van der Waals surface area contributed by atoms with E-state index in [0.717, 1.165) is 0 Å². The molecule has 0 aromatic heterocycles. The third-order valence-electron chi connectivity index (χ3n) is 6.21. The Balaban J connectivity index is 4.75. The predicted octanol–water partition coefficient (Wildman–Crippen LogP) is 23.1. The molecule has 0 heterocycles. The Morgan fingerprint density at radius 2 is 0.255 bits per heavy atom. The summed E-state index contributed by atoms with van der Waals surface area (Å²) >= 11 is 124. The van der Waals surface area contributed by atoms with E-state index in [2.05, 4.69) is 494 Å². The van der Waals surface area contributed by atoms with E-state index in [4.69, 9.17) is 0 Å². The van der Waals surface area contributed by atoms with Crippen LogP contribution in [0.5, 0.6) is 0 Å². The van der Waals surface area contributed by atoms with Gasteiger partial charge in [-0.25, -0.2) is 0 Å². The first-order valence-corrected chi connectivity index (χ1v) is 34.7. The molecule has 0 N–H and O–H groups in total. The van der Waals surface area contributed by atoms with Gasteiger partial charge in [-0.15, -0.1) is 0 Å². The Labute approximate surface area is 533 Å². The van der Waals surface area contributed by atoms with Crippen molar-refractivity contribution < 1.29 is 0 Å². The molecule has 1 aliphatic rings. The van der Waals surface area contributed by atoms with E-state index in [0.29, 0.717) is 0 Å². The van der Waals surface area contributed by atoms with E-state index in [9.17, 15) is 0 Å². The molecule has 47 heavy (non-hydrogen) atoms. The standard InChI is InChI=1S/C16HBr31/c17-1-2(18,19)4(22,23)6(26,27)8(30,31)10(34,35)12(38,39)14(42,43)16(46,47)15(44,45)13(40,41)11(36,37)9(32,33)7(28,29)5(24,25)3(1,20)21/h1H. The minimum absolute atomic E-state index is 0.602. The Morgan fingerprint density at radius 3 is 0.362 bits per heavy atom. The smallest absolute Gasteiger partial charge is 0.0839 e. The van der Waals surface area contributed by atoms with Gasteiger partial charge in [0.1, 0.15) is 48.5 Å². The van der Waals surface area contributed by atoms with Crippen LogP contribution in [0.25, 0.3) is 0 Å². The highest BCUT2D eigenvalue weighted by Gasteiger charge is 2.84. The summed E-state index contributed by atoms with van der Waals surface area (Å²) in [6.45, 7) is 0. The number of hydrogen-bond acceptors (Lipinski definition) is 0. The first-order valence-electron chi connectivity index (χ1n) is 9.97. The molecule has 1 aliphatic carbocycles. The summed E-state index contributed by atoms with van der Waals surface area (Å²) in [6.07, 6.45) is 0. The fourth-order valence-corrected chi connectivity index (χ4v) is 37.9. The zero-order chi connectivity index (χ0) is 39.1. The second kappa shape index (κ2) is 18.8. The van der Waals surface area contributed by atoms with Gasteiger partial charge in [-0.2, -0.15) is 0 Å². The van der Waals surface area contributed by atoms with Gasteiger partial charge in [-0.3, -0.25) is 0 Å². The number of hydrogen-bond donors (Lipinski definition) is 0. The summed E-state index contributed by atoms with van der Waals surface area (Å²) in [4.78, 5) is -0.602. The van der Waals surface area contributed by atoms with Gasteiger partial charge < -0.3 is 0 Å². The molecular weight excluding hydrogens is 2670 g/mol. The van der Waals surface area contributed by atoms with Crippen LogP contribution < -0.4 is 0 Å². The number of rotatable bonds is 0. The maximum Gasteiger partial charge on any atom is 0.135 e. The summed E-state index contributed by atoms with van der Waals surface area (Å²) in [6, 6.07) is 0. The summed E-state index contributed by atoms with van der Waals surface area (Å²) in [7, 11) is 0. The van der Waals surface area contributed by atoms with Gasteiger partial charge in [-0.1, -0.05) is 494 Å². The van der Waals surface area contributed by atoms with Crippen molar-refractivity contribution in [3.05, 3.63) is 0 Å². The van der Waals surface area contributed by atoms with Crippen LogP contribution in [0.4, 0.5) is 0 Å². The van der Waals surface area contributed by atoms with Crippen molar-refractivity contribution in [1.82, 2.24) is 0 Å². The van der Waals surface area contributed by atoms with Crippen LogP contribution in [-0.2, 0) is 0 Å². The van der Waals surface area contributed by atoms with E-state index in [-0.39, 0.29) is 0 Å². The minimum Gasteiger partial charge on any atom is -0.0839 e. The molecule has 0 radical (unpaired) electrons. The van der Waals surface area contributed by atoms with Crippen molar-refractivity contribution in [2.75, 3.05) is 0 Å². The van der Waals surface area contributed by atoms with Crippen LogP contribution >= 0.6 is 494 Å². The summed E-state index contributed by atoms with van der Waals surface area (Å²) in [5.41, 5.74) is 0. The van der Waals surface area contributed by atoms with E-state index in [1.54, 1.807) is 0 Å². The van der Waals surface area contributed by atoms with Crippen LogP contribution in [0.1, 0.15) is 0 Å². The monoisotopic (exact) mass is 2640 g/mol. The van der Waals surface area contributed by atoms with E-state index in [1.165, 1.54) is 0 Å². The maximum atomic E-state index is 4.01. The number of halogens is 31. The average molecular weight is 2670 g/mol. The van der Waals surface area contributed by atoms with Crippen molar-refractivity contribution in [3.8, 4) is 0 Å². The van der Waals surface area contributed by atoms with E-state index < -0.39 is 53.3 Å². The second-order valence-electron chi connectivity index (χ2n) is 9.08. The molecule has 0 unspecified atom stereocenters. The largest absolute Gasteiger partial charge is 0.135 e. The van der Waals surface area contributed by atoms with Gasteiger partial charge >= 0.3 is 0 Å². The molecular formula is C16HBr31. The third kappa shape index (κ3) is 9.03. The summed E-state index contributed by atoms with van der Waals surface area (Å²) < 4.78 is -18.2. The fraction of sp³-hybridized carbons (Fsp3) is 1.00. The van der Waals surface area contributed by atoms with Gasteiger partial charge in [-0.05, 0) is 0 Å². The molecule has 0 saturated heterocycles. The normalized spacial score (nSPS) is 33.8. The highest BCUT2D eigenvalue weighted by atomic mass is 80.0. The molecule has 0 aromatic rings. The van der Waals surface area contributed by atoms with Crippen LogP contribution in [0.2, 0.25) is 0 Å². The molecule has 0 atom stereocenters. The Kier molecular flexibility index (Phi) is 23.9. The lowest BCUT2D eigenvalue weighted by Crippen LogP contribution is -2.75. The highest BCUT2D eigenvalue weighted by molar-refractivity contribution is 9.39. The van der Waals surface area contributed by atoms with Crippen molar-refractivity contribution in [2.24, 2.45) is 0 Å². The Morgan fingerprint density at radius 1 is 0.170 bits per heavy atom. The van der Waals surface area contributed by atoms with Gasteiger partial charge in [0.05, 0.1) is 4.83 Å². The van der Waals surface area contributed by atoms with Crippen LogP contribution in [0.3, 0.4) is 0 Å². The van der Waals surface area contributed by atoms with Crippen LogP contribution in [0.15, 0.2) is 0 Å². The second-order valence-corrected chi connectivity index (χ2v) is 61.9. The molecule has 1 fully saturated rings. The SMILES string of the molecule is BrC1C(Br)(Br)C(Br)(Br)C(Br)(Br)C(Br)(Br)C(Br)(Br)C(Br)(Br)C(Br)(Br)C(Br)(Br)C(Br)(Br)C(Br)(Br)C(Br)(Br)C(Br)(Br)C(Br)(Br)C(Br)(Br)C1(Br)Br. The molecule has 0 bridgehead atoms. The predicted molar refractivity (Wildman–Crippen MR) is 321 cm³/mol. The van der Waals surface area contributed by atoms with Crippen molar-refractivity contribution in [3.63, 3.8) is 0 Å². The minimum atomic E-state index is -1.25. The lowest BCUT2D eigenvalue weighted by atomic mass is 9.98. The lowest BCUT2D eigenvalue weighted by molar-refractivity contribution is 0.501. The maximum absolute atomic E-state index is 4.01. The molecule has 31 heteroatoms. The van der Waals surface area contributed by atoms with Gasteiger partial charge in [0.25, 0.3) is 0 Å². The van der Waals surface area contributed by atoms with Crippen molar-refractivity contribution in [2.45, 2.75) is 53.3 Å². The zero-order valence-electron chi connectivity index (χ0n) is 19.8. The lowest BCUT2D eigenvalue weighted by Gasteiger charge is -2.63. The summed E-state index contributed by atoms with van der Waals surface area (Å²) in [5, 5.41) is 0. The molecule has 0 nitrogen and oxygen atoms in total. The average Bonchev–Trinajstić information content (AvgIpc) is 2.85. The molecule has 282 valence electrons.